The summed E-state index contributed by atoms with van der Waals surface area (Å²) in [7, 11) is 0. The zero-order valence-electron chi connectivity index (χ0n) is 10.5. The Balaban J connectivity index is 1.81. The van der Waals surface area contributed by atoms with E-state index in [2.05, 4.69) is 32.9 Å². The maximum atomic E-state index is 5.78. The minimum atomic E-state index is 0.444. The van der Waals surface area contributed by atoms with Gasteiger partial charge in [-0.05, 0) is 0 Å². The molecule has 1 aromatic carbocycles. The molecule has 2 radical (unpaired) electrons. The molecule has 0 unspecified atom stereocenters. The molecule has 2 N–H and O–H groups in total. The van der Waals surface area contributed by atoms with E-state index in [0.717, 1.165) is 41.5 Å². The van der Waals surface area contributed by atoms with E-state index in [9.17, 15) is 0 Å². The molecule has 0 aliphatic heterocycles. The first kappa shape index (κ1) is 14.4. The van der Waals surface area contributed by atoms with Crippen LogP contribution in [0.25, 0.3) is 0 Å². The Labute approximate surface area is 127 Å². The van der Waals surface area contributed by atoms with Crippen molar-refractivity contribution in [2.45, 2.75) is 25.7 Å². The quantitative estimate of drug-likeness (QED) is 0.517. The van der Waals surface area contributed by atoms with Gasteiger partial charge >= 0.3 is 127 Å². The van der Waals surface area contributed by atoms with Gasteiger partial charge in [0.1, 0.15) is 0 Å². The van der Waals surface area contributed by atoms with Crippen LogP contribution in [0.2, 0.25) is 5.15 Å². The number of anilines is 1. The Morgan fingerprint density at radius 1 is 1.21 bits per heavy atom. The van der Waals surface area contributed by atoms with Crippen LogP contribution in [0.15, 0.2) is 30.5 Å². The van der Waals surface area contributed by atoms with Crippen LogP contribution in [0.4, 0.5) is 5.69 Å². The second kappa shape index (κ2) is 6.93. The maximum absolute atomic E-state index is 5.78. The fourth-order valence-corrected chi connectivity index (χ4v) is 2.77. The number of hydrogen-bond acceptors (Lipinski definition) is 3. The van der Waals surface area contributed by atoms with E-state index in [1.165, 1.54) is 5.56 Å². The summed E-state index contributed by atoms with van der Waals surface area (Å²) in [6.45, 7) is 0. The van der Waals surface area contributed by atoms with Crippen LogP contribution >= 0.6 is 11.6 Å². The number of benzene rings is 1. The van der Waals surface area contributed by atoms with Gasteiger partial charge in [0.25, 0.3) is 0 Å². The number of nitrogen functional groups attached to an aromatic ring is 1. The molecular weight excluding hydrogens is 321 g/mol. The molecule has 0 aliphatic rings. The van der Waals surface area contributed by atoms with Crippen LogP contribution in [0.3, 0.4) is 0 Å². The Hall–Kier alpha value is -1.05. The Bertz CT molecular complexity index is 560. The van der Waals surface area contributed by atoms with Gasteiger partial charge < -0.3 is 0 Å². The molecule has 19 heavy (non-hydrogen) atoms. The fraction of sp³-hybridized carbons (Fsp3) is 0.286. The molecule has 0 bridgehead atoms. The second-order valence-corrected chi connectivity index (χ2v) is 5.69. The summed E-state index contributed by atoms with van der Waals surface area (Å²) >= 11 is 8.20. The van der Waals surface area contributed by atoms with E-state index >= 15 is 0 Å². The van der Waals surface area contributed by atoms with Crippen molar-refractivity contribution in [1.29, 1.82) is 0 Å². The molecule has 2 aromatic rings. The van der Waals surface area contributed by atoms with Gasteiger partial charge in [-0.3, -0.25) is 0 Å². The van der Waals surface area contributed by atoms with E-state index in [-0.39, 0.29) is 0 Å². The molecule has 1 aromatic heterocycles. The van der Waals surface area contributed by atoms with Crippen molar-refractivity contribution in [1.82, 2.24) is 9.97 Å². The SMILES string of the molecule is Nc1cccc(CCCCc2ncc(Cl)nc2[As])c1. The summed E-state index contributed by atoms with van der Waals surface area (Å²) in [6, 6.07) is 8.05. The molecule has 0 spiro atoms. The fourth-order valence-electron chi connectivity index (χ4n) is 1.93. The molecule has 0 atom stereocenters. The van der Waals surface area contributed by atoms with Gasteiger partial charge in [0.2, 0.25) is 0 Å². The predicted octanol–water partition coefficient (Wildman–Crippen LogP) is 2.07. The number of nitrogens with two attached hydrogens (primary N) is 1. The first-order valence-electron chi connectivity index (χ1n) is 6.20. The minimum absolute atomic E-state index is 0.444. The van der Waals surface area contributed by atoms with Gasteiger partial charge in [-0.25, -0.2) is 0 Å². The number of nitrogens with zero attached hydrogens (tertiary/aromatic N) is 2. The summed E-state index contributed by atoms with van der Waals surface area (Å²) in [5.74, 6) is 0. The second-order valence-electron chi connectivity index (χ2n) is 4.42. The van der Waals surface area contributed by atoms with Gasteiger partial charge in [0, 0.05) is 0 Å². The number of halogens is 1. The van der Waals surface area contributed by atoms with Crippen molar-refractivity contribution >= 4 is 38.6 Å². The number of aromatic nitrogens is 2. The average molecular weight is 336 g/mol. The standard InChI is InChI=1S/C14H15AsClN3/c15-14-12(18-9-13(16)19-14)7-2-1-4-10-5-3-6-11(17)8-10/h3,5-6,8-9H,1-2,4,7,17H2. The Morgan fingerprint density at radius 3 is 2.74 bits per heavy atom. The average Bonchev–Trinajstić information content (AvgIpc) is 2.37. The normalized spacial score (nSPS) is 10.6. The molecule has 0 saturated carbocycles. The molecule has 0 amide bonds. The number of aryl methyl sites for hydroxylation is 2. The molecule has 1 heterocycles. The third-order valence-corrected chi connectivity index (χ3v) is 3.81. The van der Waals surface area contributed by atoms with Crippen molar-refractivity contribution in [3.63, 3.8) is 0 Å². The molecule has 98 valence electrons. The van der Waals surface area contributed by atoms with Gasteiger partial charge in [-0.15, -0.1) is 0 Å². The first-order valence-corrected chi connectivity index (χ1v) is 7.51. The van der Waals surface area contributed by atoms with Crippen molar-refractivity contribution in [2.75, 3.05) is 5.73 Å². The van der Waals surface area contributed by atoms with Crippen LogP contribution < -0.4 is 10.2 Å². The van der Waals surface area contributed by atoms with Crippen LogP contribution in [0, 0.1) is 0 Å². The van der Waals surface area contributed by atoms with E-state index in [4.69, 9.17) is 17.3 Å². The summed E-state index contributed by atoms with van der Waals surface area (Å²) in [6.07, 6.45) is 5.76. The van der Waals surface area contributed by atoms with Crippen LogP contribution in [-0.4, -0.2) is 26.8 Å². The van der Waals surface area contributed by atoms with E-state index < -0.39 is 0 Å². The number of hydrogen-bond donors (Lipinski definition) is 1. The van der Waals surface area contributed by atoms with Crippen molar-refractivity contribution in [2.24, 2.45) is 0 Å². The molecule has 5 heteroatoms. The third kappa shape index (κ3) is 4.52. The Morgan fingerprint density at radius 2 is 2.00 bits per heavy atom. The summed E-state index contributed by atoms with van der Waals surface area (Å²) in [4.78, 5) is 8.49. The van der Waals surface area contributed by atoms with Gasteiger partial charge in [-0.1, -0.05) is 0 Å². The van der Waals surface area contributed by atoms with Crippen molar-refractivity contribution < 1.29 is 0 Å². The van der Waals surface area contributed by atoms with E-state index in [1.807, 2.05) is 18.2 Å². The van der Waals surface area contributed by atoms with Gasteiger partial charge in [0.15, 0.2) is 0 Å². The van der Waals surface area contributed by atoms with Crippen molar-refractivity contribution in [3.8, 4) is 0 Å². The van der Waals surface area contributed by atoms with Crippen LogP contribution in [-0.2, 0) is 12.8 Å². The summed E-state index contributed by atoms with van der Waals surface area (Å²) < 4.78 is 0.865. The van der Waals surface area contributed by atoms with E-state index in [0.29, 0.717) is 5.15 Å². The molecule has 0 fully saturated rings. The molecule has 2 rings (SSSR count). The topological polar surface area (TPSA) is 51.8 Å². The molecule has 0 saturated heterocycles. The van der Waals surface area contributed by atoms with E-state index in [1.54, 1.807) is 6.20 Å². The third-order valence-electron chi connectivity index (χ3n) is 2.88. The van der Waals surface area contributed by atoms with Crippen LogP contribution in [0.1, 0.15) is 24.1 Å². The molecule has 3 nitrogen and oxygen atoms in total. The summed E-state index contributed by atoms with van der Waals surface area (Å²) in [5.41, 5.74) is 8.88. The molecule has 0 aliphatic carbocycles. The number of rotatable bonds is 5. The zero-order chi connectivity index (χ0) is 13.7. The Kier molecular flexibility index (Phi) is 5.23. The van der Waals surface area contributed by atoms with Gasteiger partial charge in [-0.2, -0.15) is 0 Å². The predicted molar refractivity (Wildman–Crippen MR) is 79.9 cm³/mol. The summed E-state index contributed by atoms with van der Waals surface area (Å²) in [5, 5.41) is 0.444. The monoisotopic (exact) mass is 335 g/mol. The van der Waals surface area contributed by atoms with Crippen molar-refractivity contribution in [3.05, 3.63) is 46.9 Å². The molecular formula is C14H15AsClN3. The van der Waals surface area contributed by atoms with Crippen LogP contribution in [0.5, 0.6) is 0 Å². The number of unbranched alkanes of at least 4 members (excludes halogenated alkanes) is 1. The van der Waals surface area contributed by atoms with Gasteiger partial charge in [0.05, 0.1) is 0 Å². The zero-order valence-corrected chi connectivity index (χ0v) is 13.1. The first-order chi connectivity index (χ1) is 9.15.